The van der Waals surface area contributed by atoms with Gasteiger partial charge in [-0.2, -0.15) is 0 Å². The Labute approximate surface area is 318 Å². The third-order valence-corrected chi connectivity index (χ3v) is 10.5. The van der Waals surface area contributed by atoms with Gasteiger partial charge in [0.2, 0.25) is 5.91 Å². The van der Waals surface area contributed by atoms with Crippen molar-refractivity contribution in [3.8, 4) is 0 Å². The van der Waals surface area contributed by atoms with Crippen LogP contribution in [0.3, 0.4) is 0 Å². The van der Waals surface area contributed by atoms with Crippen molar-refractivity contribution >= 4 is 5.91 Å². The van der Waals surface area contributed by atoms with Crippen molar-refractivity contribution in [2.75, 3.05) is 6.61 Å². The van der Waals surface area contributed by atoms with Crippen molar-refractivity contribution in [1.29, 1.82) is 0 Å². The van der Waals surface area contributed by atoms with Crippen molar-refractivity contribution in [2.45, 2.75) is 257 Å². The summed E-state index contributed by atoms with van der Waals surface area (Å²) in [6.07, 6.45) is 50.0. The smallest absolute Gasteiger partial charge is 0.222 e. The van der Waals surface area contributed by atoms with Crippen molar-refractivity contribution in [1.82, 2.24) is 5.32 Å². The summed E-state index contributed by atoms with van der Waals surface area (Å²) < 4.78 is 0. The van der Waals surface area contributed by atoms with Crippen LogP contribution in [0, 0.1) is 0 Å². The Balaban J connectivity index is 3.64. The molecular weight excluding hydrogens is 631 g/mol. The topological polar surface area (TPSA) is 89.8 Å². The van der Waals surface area contributed by atoms with Gasteiger partial charge in [0, 0.05) is 0 Å². The molecule has 0 radical (unpaired) electrons. The van der Waals surface area contributed by atoms with Crippen molar-refractivity contribution in [3.63, 3.8) is 0 Å². The molecule has 0 aromatic carbocycles. The molecule has 0 aliphatic carbocycles. The van der Waals surface area contributed by atoms with Crippen LogP contribution in [0.1, 0.15) is 239 Å². The molecule has 5 heteroatoms. The second-order valence-electron chi connectivity index (χ2n) is 15.7. The molecule has 3 atom stereocenters. The zero-order chi connectivity index (χ0) is 37.3. The molecule has 1 amide bonds. The predicted octanol–water partition coefficient (Wildman–Crippen LogP) is 13.0. The van der Waals surface area contributed by atoms with E-state index in [1.54, 1.807) is 0 Å². The quantitative estimate of drug-likeness (QED) is 0.0374. The first-order chi connectivity index (χ1) is 25.0. The molecule has 3 unspecified atom stereocenters. The number of aliphatic hydroxyl groups excluding tert-OH is 3. The highest BCUT2D eigenvalue weighted by Crippen LogP contribution is 2.16. The lowest BCUT2D eigenvalue weighted by Gasteiger charge is -2.23. The van der Waals surface area contributed by atoms with Gasteiger partial charge < -0.3 is 20.6 Å². The summed E-state index contributed by atoms with van der Waals surface area (Å²) in [5.41, 5.74) is 0. The number of nitrogens with one attached hydrogen (secondary N) is 1. The van der Waals surface area contributed by atoms with E-state index in [1.165, 1.54) is 161 Å². The molecular formula is C46H89NO4. The zero-order valence-corrected chi connectivity index (χ0v) is 34.2. The number of carbonyl (C=O) groups excluding carboxylic acids is 1. The number of hydrogen-bond donors (Lipinski definition) is 4. The van der Waals surface area contributed by atoms with Gasteiger partial charge in [0.15, 0.2) is 0 Å². The lowest BCUT2D eigenvalue weighted by atomic mass is 10.0. The SMILES string of the molecule is CCCCCCCCCCC/C=C\C/C=C\CCCCCCCC(O)CC(=O)NC(CO)C(O)CCCCCCCCCCCCCCCCC. The Kier molecular flexibility index (Phi) is 40.6. The lowest BCUT2D eigenvalue weighted by Crippen LogP contribution is -2.46. The van der Waals surface area contributed by atoms with E-state index in [0.717, 1.165) is 44.9 Å². The van der Waals surface area contributed by atoms with Crippen LogP contribution in [0.5, 0.6) is 0 Å². The summed E-state index contributed by atoms with van der Waals surface area (Å²) in [5, 5.41) is 33.4. The molecule has 0 rings (SSSR count). The van der Waals surface area contributed by atoms with Crippen LogP contribution in [-0.2, 0) is 4.79 Å². The van der Waals surface area contributed by atoms with Gasteiger partial charge >= 0.3 is 0 Å². The van der Waals surface area contributed by atoms with Gasteiger partial charge in [-0.05, 0) is 44.9 Å². The molecule has 4 N–H and O–H groups in total. The van der Waals surface area contributed by atoms with Crippen LogP contribution in [-0.4, -0.2) is 46.1 Å². The number of unbranched alkanes of at least 4 members (excludes halogenated alkanes) is 28. The maximum absolute atomic E-state index is 12.5. The Morgan fingerprint density at radius 2 is 0.843 bits per heavy atom. The molecule has 0 saturated heterocycles. The molecule has 0 spiro atoms. The van der Waals surface area contributed by atoms with E-state index >= 15 is 0 Å². The van der Waals surface area contributed by atoms with E-state index in [4.69, 9.17) is 0 Å². The fraction of sp³-hybridized carbons (Fsp3) is 0.891. The van der Waals surface area contributed by atoms with Gasteiger partial charge in [0.05, 0.1) is 31.3 Å². The van der Waals surface area contributed by atoms with Gasteiger partial charge in [-0.15, -0.1) is 0 Å². The van der Waals surface area contributed by atoms with E-state index in [2.05, 4.69) is 43.5 Å². The third kappa shape index (κ3) is 38.4. The van der Waals surface area contributed by atoms with Gasteiger partial charge in [-0.3, -0.25) is 4.79 Å². The van der Waals surface area contributed by atoms with E-state index in [9.17, 15) is 20.1 Å². The molecule has 302 valence electrons. The van der Waals surface area contributed by atoms with Crippen molar-refractivity contribution < 1.29 is 20.1 Å². The summed E-state index contributed by atoms with van der Waals surface area (Å²) in [6.45, 7) is 4.27. The number of amides is 1. The number of hydrogen-bond acceptors (Lipinski definition) is 4. The maximum Gasteiger partial charge on any atom is 0.222 e. The van der Waals surface area contributed by atoms with E-state index in [1.807, 2.05) is 0 Å². The summed E-state index contributed by atoms with van der Waals surface area (Å²) in [5.74, 6) is -0.290. The van der Waals surface area contributed by atoms with Gasteiger partial charge in [0.1, 0.15) is 0 Å². The number of rotatable bonds is 41. The highest BCUT2D eigenvalue weighted by Gasteiger charge is 2.21. The molecule has 0 aliphatic heterocycles. The maximum atomic E-state index is 12.5. The number of carbonyl (C=O) groups is 1. The number of allylic oxidation sites excluding steroid dienone is 4. The van der Waals surface area contributed by atoms with Crippen LogP contribution < -0.4 is 5.32 Å². The van der Waals surface area contributed by atoms with E-state index in [-0.39, 0.29) is 18.9 Å². The Bertz CT molecular complexity index is 754. The first-order valence-electron chi connectivity index (χ1n) is 22.6. The third-order valence-electron chi connectivity index (χ3n) is 10.5. The van der Waals surface area contributed by atoms with Gasteiger partial charge in [0.25, 0.3) is 0 Å². The zero-order valence-electron chi connectivity index (χ0n) is 34.2. The van der Waals surface area contributed by atoms with Crippen LogP contribution in [0.4, 0.5) is 0 Å². The van der Waals surface area contributed by atoms with Crippen LogP contribution in [0.25, 0.3) is 0 Å². The summed E-state index contributed by atoms with van der Waals surface area (Å²) in [6, 6.07) is -0.661. The lowest BCUT2D eigenvalue weighted by molar-refractivity contribution is -0.125. The average molecular weight is 720 g/mol. The Hall–Kier alpha value is -1.17. The molecule has 0 aromatic rings. The van der Waals surface area contributed by atoms with Crippen LogP contribution in [0.15, 0.2) is 24.3 Å². The summed E-state index contributed by atoms with van der Waals surface area (Å²) in [4.78, 5) is 12.5. The molecule has 0 aliphatic rings. The minimum atomic E-state index is -0.751. The summed E-state index contributed by atoms with van der Waals surface area (Å²) >= 11 is 0. The van der Waals surface area contributed by atoms with Gasteiger partial charge in [-0.1, -0.05) is 212 Å². The molecule has 0 fully saturated rings. The molecule has 5 nitrogen and oxygen atoms in total. The molecule has 0 aromatic heterocycles. The fourth-order valence-corrected chi connectivity index (χ4v) is 7.02. The summed E-state index contributed by atoms with van der Waals surface area (Å²) in [7, 11) is 0. The first kappa shape index (κ1) is 49.8. The minimum Gasteiger partial charge on any atom is -0.394 e. The van der Waals surface area contributed by atoms with E-state index in [0.29, 0.717) is 12.8 Å². The second kappa shape index (κ2) is 41.6. The van der Waals surface area contributed by atoms with Crippen molar-refractivity contribution in [2.24, 2.45) is 0 Å². The molecule has 51 heavy (non-hydrogen) atoms. The van der Waals surface area contributed by atoms with Crippen LogP contribution in [0.2, 0.25) is 0 Å². The Morgan fingerprint density at radius 3 is 1.24 bits per heavy atom. The second-order valence-corrected chi connectivity index (χ2v) is 15.7. The first-order valence-corrected chi connectivity index (χ1v) is 22.6. The highest BCUT2D eigenvalue weighted by molar-refractivity contribution is 5.76. The minimum absolute atomic E-state index is 0.0284. The normalized spacial score (nSPS) is 13.7. The fourth-order valence-electron chi connectivity index (χ4n) is 7.02. The molecule has 0 heterocycles. The highest BCUT2D eigenvalue weighted by atomic mass is 16.3. The average Bonchev–Trinajstić information content (AvgIpc) is 3.12. The largest absolute Gasteiger partial charge is 0.394 e. The van der Waals surface area contributed by atoms with Gasteiger partial charge in [-0.25, -0.2) is 0 Å². The van der Waals surface area contributed by atoms with Crippen LogP contribution >= 0.6 is 0 Å². The number of aliphatic hydroxyl groups is 3. The van der Waals surface area contributed by atoms with Crippen molar-refractivity contribution in [3.05, 3.63) is 24.3 Å². The standard InChI is InChI=1S/C46H89NO4/c1-3-5-7-9-11-13-15-17-19-20-21-22-23-24-26-27-29-31-33-35-37-39-43(49)41-46(51)47-44(42-48)45(50)40-38-36-34-32-30-28-25-18-16-14-12-10-8-6-4-2/h21-22,24,26,43-45,48-50H,3-20,23,25,27-42H2,1-2H3,(H,47,51)/b22-21-,26-24-. The van der Waals surface area contributed by atoms with E-state index < -0.39 is 18.2 Å². The monoisotopic (exact) mass is 720 g/mol. The molecule has 0 saturated carbocycles. The predicted molar refractivity (Wildman–Crippen MR) is 222 cm³/mol. The Morgan fingerprint density at radius 1 is 0.490 bits per heavy atom. The molecule has 0 bridgehead atoms.